The summed E-state index contributed by atoms with van der Waals surface area (Å²) >= 11 is 1.08. The van der Waals surface area contributed by atoms with Gasteiger partial charge in [-0.25, -0.2) is 8.78 Å². The molecule has 3 aromatic rings. The molecule has 2 aromatic carbocycles. The van der Waals surface area contributed by atoms with E-state index in [9.17, 15) is 24.0 Å². The van der Waals surface area contributed by atoms with Gasteiger partial charge in [0.25, 0.3) is 0 Å². The summed E-state index contributed by atoms with van der Waals surface area (Å²) in [7, 11) is 2.72. The van der Waals surface area contributed by atoms with Gasteiger partial charge in [0.15, 0.2) is 40.4 Å². The topological polar surface area (TPSA) is 210 Å². The number of esters is 2. The van der Waals surface area contributed by atoms with Crippen molar-refractivity contribution in [2.45, 2.75) is 71.6 Å². The van der Waals surface area contributed by atoms with Crippen LogP contribution in [0, 0.1) is 11.6 Å². The van der Waals surface area contributed by atoms with Gasteiger partial charge in [0.05, 0.1) is 97.9 Å². The van der Waals surface area contributed by atoms with E-state index in [-0.39, 0.29) is 141 Å². The number of nitrogens with zero attached hydrogens (tertiary/aromatic N) is 1. The zero-order chi connectivity index (χ0) is 45.7. The maximum atomic E-state index is 15.9. The first-order chi connectivity index (χ1) is 30.4. The van der Waals surface area contributed by atoms with Crippen LogP contribution in [0.15, 0.2) is 18.2 Å². The Hall–Kier alpha value is -5.15. The molecule has 1 atom stereocenters. The van der Waals surface area contributed by atoms with Crippen molar-refractivity contribution in [1.29, 1.82) is 0 Å². The lowest BCUT2D eigenvalue weighted by Gasteiger charge is -2.17. The number of thiophene rings is 1. The minimum Gasteiger partial charge on any atom is -0.493 e. The molecule has 0 spiro atoms. The summed E-state index contributed by atoms with van der Waals surface area (Å²) in [5, 5.41) is 2.84. The molecule has 63 heavy (non-hydrogen) atoms. The molecular formula is C43H57F2N3O14S. The van der Waals surface area contributed by atoms with Gasteiger partial charge in [-0.3, -0.25) is 24.0 Å². The van der Waals surface area contributed by atoms with Gasteiger partial charge in [0, 0.05) is 67.0 Å². The summed E-state index contributed by atoms with van der Waals surface area (Å²) in [4.78, 5) is 63.8. The SMILES string of the molecule is CCOC(=O)CCC(=O)c1cc2c(F)c(OCCCOc3c(OC)cc4c(c3F)CN(C(=O)CCC(=O)O[C@@H](C)CNC(=O)CCOCCOCCOCCN)C4)c(OC)cc2s1. The van der Waals surface area contributed by atoms with Crippen molar-refractivity contribution in [3.8, 4) is 23.0 Å². The smallest absolute Gasteiger partial charge is 0.306 e. The molecule has 0 saturated heterocycles. The number of nitrogens with two attached hydrogens (primary N) is 1. The number of hydrogen-bond donors (Lipinski definition) is 2. The van der Waals surface area contributed by atoms with E-state index in [0.29, 0.717) is 49.8 Å². The van der Waals surface area contributed by atoms with E-state index in [1.165, 1.54) is 25.2 Å². The van der Waals surface area contributed by atoms with Crippen molar-refractivity contribution in [1.82, 2.24) is 10.2 Å². The van der Waals surface area contributed by atoms with Gasteiger partial charge in [-0.15, -0.1) is 11.3 Å². The number of nitrogens with one attached hydrogen (secondary N) is 1. The molecule has 17 nitrogen and oxygen atoms in total. The van der Waals surface area contributed by atoms with E-state index in [4.69, 9.17) is 48.4 Å². The maximum absolute atomic E-state index is 15.9. The van der Waals surface area contributed by atoms with Crippen LogP contribution in [0.25, 0.3) is 10.1 Å². The number of rotatable bonds is 30. The van der Waals surface area contributed by atoms with E-state index < -0.39 is 29.7 Å². The zero-order valence-electron chi connectivity index (χ0n) is 36.1. The van der Waals surface area contributed by atoms with E-state index in [2.05, 4.69) is 5.32 Å². The second-order valence-corrected chi connectivity index (χ2v) is 15.2. The van der Waals surface area contributed by atoms with Crippen molar-refractivity contribution in [2.24, 2.45) is 5.73 Å². The highest BCUT2D eigenvalue weighted by molar-refractivity contribution is 7.20. The number of hydrogen-bond acceptors (Lipinski definition) is 16. The standard InChI is InChI=1S/C43H57F2N3O14S/c1-5-59-38(52)9-7-31(49)35-22-29-34(63-35)23-33(55-4)43(40(29)44)61-14-6-13-60-42-32(54-3)21-28-25-48(26-30(28)41(42)45)37(51)8-10-39(53)62-27(2)24-47-36(50)11-15-56-17-19-58-20-18-57-16-12-46/h21-23,27H,5-20,24-26,46H2,1-4H3,(H,47,50)/t27-/m0/s1. The molecule has 0 saturated carbocycles. The van der Waals surface area contributed by atoms with Crippen molar-refractivity contribution < 1.29 is 75.4 Å². The Morgan fingerprint density at radius 3 is 2.08 bits per heavy atom. The van der Waals surface area contributed by atoms with E-state index in [0.717, 1.165) is 11.3 Å². The van der Waals surface area contributed by atoms with Crippen LogP contribution in [0.5, 0.6) is 23.0 Å². The Labute approximate surface area is 368 Å². The molecule has 3 N–H and O–H groups in total. The molecule has 1 aliphatic heterocycles. The number of fused-ring (bicyclic) bond motifs is 2. The van der Waals surface area contributed by atoms with E-state index in [1.54, 1.807) is 26.0 Å². The van der Waals surface area contributed by atoms with E-state index in [1.807, 2.05) is 0 Å². The largest absolute Gasteiger partial charge is 0.493 e. The van der Waals surface area contributed by atoms with Crippen LogP contribution in [0.1, 0.15) is 73.2 Å². The van der Waals surface area contributed by atoms with Crippen LogP contribution in [-0.4, -0.2) is 127 Å². The molecule has 0 bridgehead atoms. The Kier molecular flexibility index (Phi) is 21.2. The molecular weight excluding hydrogens is 853 g/mol. The molecule has 20 heteroatoms. The van der Waals surface area contributed by atoms with Crippen molar-refractivity contribution >= 4 is 51.0 Å². The van der Waals surface area contributed by atoms with Crippen LogP contribution in [0.4, 0.5) is 8.78 Å². The lowest BCUT2D eigenvalue weighted by Crippen LogP contribution is -2.34. The molecule has 0 aliphatic carbocycles. The Bertz CT molecular complexity index is 2010. The number of halogens is 2. The van der Waals surface area contributed by atoms with Crippen LogP contribution in [-0.2, 0) is 56.0 Å². The molecule has 2 amide bonds. The number of methoxy groups -OCH3 is 2. The lowest BCUT2D eigenvalue weighted by atomic mass is 10.1. The van der Waals surface area contributed by atoms with Crippen molar-refractivity contribution in [2.75, 3.05) is 86.8 Å². The summed E-state index contributed by atoms with van der Waals surface area (Å²) in [6, 6.07) is 4.58. The zero-order valence-corrected chi connectivity index (χ0v) is 37.0. The predicted molar refractivity (Wildman–Crippen MR) is 225 cm³/mol. The van der Waals surface area contributed by atoms with Gasteiger partial charge in [0.2, 0.25) is 11.8 Å². The average molecular weight is 910 g/mol. The van der Waals surface area contributed by atoms with Gasteiger partial charge in [0.1, 0.15) is 6.10 Å². The number of amides is 2. The van der Waals surface area contributed by atoms with Gasteiger partial charge in [-0.2, -0.15) is 0 Å². The number of benzene rings is 2. The Morgan fingerprint density at radius 2 is 1.41 bits per heavy atom. The summed E-state index contributed by atoms with van der Waals surface area (Å²) < 4.78 is 80.4. The van der Waals surface area contributed by atoms with Crippen LogP contribution >= 0.6 is 11.3 Å². The Morgan fingerprint density at radius 1 is 0.778 bits per heavy atom. The number of Topliss-reactive ketones (excluding diaryl/α,β-unsaturated/α-hetero) is 1. The lowest BCUT2D eigenvalue weighted by molar-refractivity contribution is -0.150. The quantitative estimate of drug-likeness (QED) is 0.0531. The second-order valence-electron chi connectivity index (χ2n) is 14.1. The second kappa shape index (κ2) is 26.5. The average Bonchev–Trinajstić information content (AvgIpc) is 3.91. The van der Waals surface area contributed by atoms with Crippen molar-refractivity contribution in [3.63, 3.8) is 0 Å². The van der Waals surface area contributed by atoms with Crippen LogP contribution in [0.2, 0.25) is 0 Å². The van der Waals surface area contributed by atoms with Gasteiger partial charge < -0.3 is 58.6 Å². The summed E-state index contributed by atoms with van der Waals surface area (Å²) in [6.07, 6.45) is -0.863. The van der Waals surface area contributed by atoms with Gasteiger partial charge in [-0.05, 0) is 31.5 Å². The number of ether oxygens (including phenoxy) is 9. The molecule has 0 unspecified atom stereocenters. The fraction of sp³-hybridized carbons (Fsp3) is 0.558. The molecule has 348 valence electrons. The Balaban J connectivity index is 1.18. The first-order valence-electron chi connectivity index (χ1n) is 20.7. The molecule has 1 aromatic heterocycles. The van der Waals surface area contributed by atoms with Gasteiger partial charge >= 0.3 is 11.9 Å². The molecule has 0 radical (unpaired) electrons. The molecule has 2 heterocycles. The fourth-order valence-corrected chi connectivity index (χ4v) is 7.31. The minimum absolute atomic E-state index is 0.0401. The summed E-state index contributed by atoms with van der Waals surface area (Å²) in [5.74, 6) is -3.59. The number of carbonyl (C=O) groups excluding carboxylic acids is 5. The maximum Gasteiger partial charge on any atom is 0.306 e. The summed E-state index contributed by atoms with van der Waals surface area (Å²) in [5.41, 5.74) is 6.11. The van der Waals surface area contributed by atoms with Crippen molar-refractivity contribution in [3.05, 3.63) is 45.8 Å². The molecule has 4 rings (SSSR count). The minimum atomic E-state index is -0.720. The monoisotopic (exact) mass is 909 g/mol. The third kappa shape index (κ3) is 15.6. The molecule has 0 fully saturated rings. The first kappa shape index (κ1) is 50.5. The fourth-order valence-electron chi connectivity index (χ4n) is 6.25. The first-order valence-corrected chi connectivity index (χ1v) is 21.5. The molecule has 1 aliphatic rings. The van der Waals surface area contributed by atoms with Crippen LogP contribution < -0.4 is 30.0 Å². The highest BCUT2D eigenvalue weighted by Gasteiger charge is 2.31. The number of ketones is 1. The number of carbonyl (C=O) groups is 5. The third-order valence-electron chi connectivity index (χ3n) is 9.43. The van der Waals surface area contributed by atoms with Crippen LogP contribution in [0.3, 0.4) is 0 Å². The third-order valence-corrected chi connectivity index (χ3v) is 10.5. The normalized spacial score (nSPS) is 12.5. The predicted octanol–water partition coefficient (Wildman–Crippen LogP) is 4.64. The highest BCUT2D eigenvalue weighted by Crippen LogP contribution is 2.41. The summed E-state index contributed by atoms with van der Waals surface area (Å²) in [6.45, 7) is 6.23. The highest BCUT2D eigenvalue weighted by atomic mass is 32.1. The van der Waals surface area contributed by atoms with E-state index >= 15 is 8.78 Å². The van der Waals surface area contributed by atoms with Gasteiger partial charge in [-0.1, -0.05) is 0 Å².